The van der Waals surface area contributed by atoms with Gasteiger partial charge in [-0.3, -0.25) is 0 Å². The van der Waals surface area contributed by atoms with Crippen molar-refractivity contribution in [3.63, 3.8) is 0 Å². The van der Waals surface area contributed by atoms with Crippen molar-refractivity contribution in [2.24, 2.45) is 0 Å². The molecule has 1 atom stereocenters. The second-order valence-electron chi connectivity index (χ2n) is 4.36. The van der Waals surface area contributed by atoms with Gasteiger partial charge in [0.1, 0.15) is 5.75 Å². The highest BCUT2D eigenvalue weighted by molar-refractivity contribution is 7.07. The molecule has 4 heteroatoms. The Kier molecular flexibility index (Phi) is 4.64. The fourth-order valence-electron chi connectivity index (χ4n) is 1.83. The van der Waals surface area contributed by atoms with Crippen molar-refractivity contribution in [2.75, 3.05) is 0 Å². The molecule has 1 heterocycles. The Morgan fingerprint density at radius 1 is 1.39 bits per heavy atom. The van der Waals surface area contributed by atoms with E-state index in [1.807, 2.05) is 0 Å². The lowest BCUT2D eigenvalue weighted by Crippen LogP contribution is -2.27. The first kappa shape index (κ1) is 13.4. The number of phenols is 1. The van der Waals surface area contributed by atoms with E-state index in [2.05, 4.69) is 29.1 Å². The third kappa shape index (κ3) is 3.48. The molecule has 0 aliphatic heterocycles. The molecule has 2 nitrogen and oxygen atoms in total. The Hall–Kier alpha value is -1.03. The maximum atomic E-state index is 9.74. The molecule has 2 aromatic rings. The summed E-state index contributed by atoms with van der Waals surface area (Å²) in [7, 11) is 0. The number of hydrogen-bond acceptors (Lipinski definition) is 3. The van der Waals surface area contributed by atoms with Gasteiger partial charge in [0.25, 0.3) is 0 Å². The van der Waals surface area contributed by atoms with E-state index in [4.69, 9.17) is 11.6 Å². The van der Waals surface area contributed by atoms with Crippen LogP contribution < -0.4 is 5.32 Å². The van der Waals surface area contributed by atoms with Crippen LogP contribution in [0.25, 0.3) is 0 Å². The Morgan fingerprint density at radius 2 is 2.22 bits per heavy atom. The predicted molar refractivity (Wildman–Crippen MR) is 77.4 cm³/mol. The molecule has 0 radical (unpaired) electrons. The van der Waals surface area contributed by atoms with E-state index >= 15 is 0 Å². The van der Waals surface area contributed by atoms with E-state index in [0.717, 1.165) is 12.0 Å². The van der Waals surface area contributed by atoms with Crippen LogP contribution in [0.5, 0.6) is 5.75 Å². The molecule has 18 heavy (non-hydrogen) atoms. The summed E-state index contributed by atoms with van der Waals surface area (Å²) in [6, 6.07) is 7.68. The molecular formula is C14H16ClNOS. The van der Waals surface area contributed by atoms with Gasteiger partial charge < -0.3 is 10.4 Å². The first-order valence-corrected chi connectivity index (χ1v) is 7.19. The van der Waals surface area contributed by atoms with Gasteiger partial charge in [-0.05, 0) is 47.9 Å². The van der Waals surface area contributed by atoms with Gasteiger partial charge in [0.05, 0.1) is 0 Å². The molecular weight excluding hydrogens is 266 g/mol. The molecule has 0 saturated carbocycles. The maximum Gasteiger partial charge on any atom is 0.121 e. The molecule has 0 saturated heterocycles. The smallest absolute Gasteiger partial charge is 0.121 e. The molecule has 0 aliphatic rings. The highest BCUT2D eigenvalue weighted by atomic mass is 35.5. The van der Waals surface area contributed by atoms with Crippen LogP contribution in [0.15, 0.2) is 35.0 Å². The molecule has 2 N–H and O–H groups in total. The molecule has 0 spiro atoms. The fraction of sp³-hybridized carbons (Fsp3) is 0.286. The average molecular weight is 282 g/mol. The SMILES string of the molecule is CC(Cc1ccsc1)NCc1c(O)cccc1Cl. The van der Waals surface area contributed by atoms with Gasteiger partial charge in [0.2, 0.25) is 0 Å². The first-order valence-electron chi connectivity index (χ1n) is 5.87. The Morgan fingerprint density at radius 3 is 2.89 bits per heavy atom. The number of benzene rings is 1. The largest absolute Gasteiger partial charge is 0.508 e. The summed E-state index contributed by atoms with van der Waals surface area (Å²) in [5.74, 6) is 0.248. The van der Waals surface area contributed by atoms with Crippen LogP contribution in [-0.4, -0.2) is 11.1 Å². The molecule has 96 valence electrons. The zero-order chi connectivity index (χ0) is 13.0. The summed E-state index contributed by atoms with van der Waals surface area (Å²) in [6.07, 6.45) is 0.981. The van der Waals surface area contributed by atoms with Gasteiger partial charge in [0, 0.05) is 23.2 Å². The normalized spacial score (nSPS) is 12.6. The van der Waals surface area contributed by atoms with E-state index in [1.54, 1.807) is 29.5 Å². The highest BCUT2D eigenvalue weighted by Crippen LogP contribution is 2.25. The third-order valence-corrected chi connectivity index (χ3v) is 3.93. The molecule has 1 unspecified atom stereocenters. The van der Waals surface area contributed by atoms with Crippen LogP contribution in [0.2, 0.25) is 5.02 Å². The summed E-state index contributed by atoms with van der Waals surface area (Å²) in [5.41, 5.74) is 2.10. The molecule has 1 aromatic carbocycles. The minimum Gasteiger partial charge on any atom is -0.508 e. The number of thiophene rings is 1. The topological polar surface area (TPSA) is 32.3 Å². The molecule has 0 fully saturated rings. The summed E-state index contributed by atoms with van der Waals surface area (Å²) in [4.78, 5) is 0. The van der Waals surface area contributed by atoms with E-state index in [1.165, 1.54) is 5.56 Å². The van der Waals surface area contributed by atoms with E-state index in [-0.39, 0.29) is 5.75 Å². The second-order valence-corrected chi connectivity index (χ2v) is 5.54. The lowest BCUT2D eigenvalue weighted by atomic mass is 10.1. The van der Waals surface area contributed by atoms with Crippen LogP contribution in [0.4, 0.5) is 0 Å². The predicted octanol–water partition coefficient (Wildman–Crippen LogP) is 3.83. The number of rotatable bonds is 5. The van der Waals surface area contributed by atoms with Crippen molar-refractivity contribution in [3.8, 4) is 5.75 Å². The summed E-state index contributed by atoms with van der Waals surface area (Å²) in [5, 5.41) is 18.0. The van der Waals surface area contributed by atoms with Crippen molar-refractivity contribution in [3.05, 3.63) is 51.2 Å². The van der Waals surface area contributed by atoms with Gasteiger partial charge in [-0.2, -0.15) is 11.3 Å². The van der Waals surface area contributed by atoms with E-state index in [9.17, 15) is 5.11 Å². The molecule has 0 amide bonds. The first-order chi connectivity index (χ1) is 8.66. The highest BCUT2D eigenvalue weighted by Gasteiger charge is 2.08. The lowest BCUT2D eigenvalue weighted by molar-refractivity contribution is 0.459. The quantitative estimate of drug-likeness (QED) is 0.873. The summed E-state index contributed by atoms with van der Waals surface area (Å²) < 4.78 is 0. The maximum absolute atomic E-state index is 9.74. The van der Waals surface area contributed by atoms with Crippen LogP contribution >= 0.6 is 22.9 Å². The fourth-order valence-corrected chi connectivity index (χ4v) is 2.75. The van der Waals surface area contributed by atoms with Gasteiger partial charge in [0.15, 0.2) is 0 Å². The van der Waals surface area contributed by atoms with Gasteiger partial charge in [-0.15, -0.1) is 0 Å². The number of halogens is 1. The van der Waals surface area contributed by atoms with Crippen molar-refractivity contribution in [2.45, 2.75) is 25.9 Å². The van der Waals surface area contributed by atoms with Crippen LogP contribution in [0.3, 0.4) is 0 Å². The van der Waals surface area contributed by atoms with Crippen molar-refractivity contribution in [1.29, 1.82) is 0 Å². The Balaban J connectivity index is 1.91. The van der Waals surface area contributed by atoms with Crippen molar-refractivity contribution < 1.29 is 5.11 Å². The van der Waals surface area contributed by atoms with Crippen molar-refractivity contribution in [1.82, 2.24) is 5.32 Å². The molecule has 0 aliphatic carbocycles. The number of aromatic hydroxyl groups is 1. The van der Waals surface area contributed by atoms with Crippen LogP contribution in [0, 0.1) is 0 Å². The zero-order valence-corrected chi connectivity index (χ0v) is 11.8. The molecule has 0 bridgehead atoms. The lowest BCUT2D eigenvalue weighted by Gasteiger charge is -2.14. The third-order valence-electron chi connectivity index (χ3n) is 2.84. The van der Waals surface area contributed by atoms with Gasteiger partial charge in [-0.1, -0.05) is 17.7 Å². The summed E-state index contributed by atoms with van der Waals surface area (Å²) in [6.45, 7) is 2.71. The van der Waals surface area contributed by atoms with Gasteiger partial charge in [-0.25, -0.2) is 0 Å². The summed E-state index contributed by atoms with van der Waals surface area (Å²) >= 11 is 7.77. The minimum atomic E-state index is 0.248. The number of phenolic OH excluding ortho intramolecular Hbond substituents is 1. The standard InChI is InChI=1S/C14H16ClNOS/c1-10(7-11-5-6-18-9-11)16-8-12-13(15)3-2-4-14(12)17/h2-6,9-10,16-17H,7-8H2,1H3. The Labute approximate surface area is 116 Å². The second kappa shape index (κ2) is 6.23. The zero-order valence-electron chi connectivity index (χ0n) is 10.2. The van der Waals surface area contributed by atoms with E-state index < -0.39 is 0 Å². The molecule has 2 rings (SSSR count). The van der Waals surface area contributed by atoms with E-state index in [0.29, 0.717) is 17.6 Å². The van der Waals surface area contributed by atoms with Crippen LogP contribution in [-0.2, 0) is 13.0 Å². The monoisotopic (exact) mass is 281 g/mol. The van der Waals surface area contributed by atoms with Crippen LogP contribution in [0.1, 0.15) is 18.1 Å². The number of nitrogens with one attached hydrogen (secondary N) is 1. The molecule has 1 aromatic heterocycles. The average Bonchev–Trinajstić information content (AvgIpc) is 2.81. The van der Waals surface area contributed by atoms with Crippen molar-refractivity contribution >= 4 is 22.9 Å². The number of hydrogen-bond donors (Lipinski definition) is 2. The minimum absolute atomic E-state index is 0.248. The van der Waals surface area contributed by atoms with Gasteiger partial charge >= 0.3 is 0 Å². The Bertz CT molecular complexity index is 478.